The van der Waals surface area contributed by atoms with E-state index in [0.717, 1.165) is 24.9 Å². The molecule has 0 atom stereocenters. The Morgan fingerprint density at radius 2 is 2.10 bits per heavy atom. The van der Waals surface area contributed by atoms with Crippen LogP contribution in [0.25, 0.3) is 0 Å². The molecule has 0 spiro atoms. The summed E-state index contributed by atoms with van der Waals surface area (Å²) in [7, 11) is -3.55. The van der Waals surface area contributed by atoms with Gasteiger partial charge in [-0.15, -0.1) is 0 Å². The number of sulfonamides is 1. The summed E-state index contributed by atoms with van der Waals surface area (Å²) in [4.78, 5) is 0.217. The molecule has 1 aliphatic heterocycles. The van der Waals surface area contributed by atoms with Crippen molar-refractivity contribution in [1.82, 2.24) is 9.62 Å². The Bertz CT molecular complexity index is 614. The minimum absolute atomic E-state index is 0.217. The van der Waals surface area contributed by atoms with Gasteiger partial charge in [0, 0.05) is 18.6 Å². The molecule has 1 aliphatic rings. The van der Waals surface area contributed by atoms with Crippen molar-refractivity contribution in [2.24, 2.45) is 0 Å². The summed E-state index contributed by atoms with van der Waals surface area (Å²) in [6.45, 7) is 7.98. The summed E-state index contributed by atoms with van der Waals surface area (Å²) in [6.07, 6.45) is 1.77. The lowest BCUT2D eigenvalue weighted by molar-refractivity contribution is 0.291. The lowest BCUT2D eigenvalue weighted by Gasteiger charge is -2.31. The molecule has 4 nitrogen and oxygen atoms in total. The van der Waals surface area contributed by atoms with Crippen molar-refractivity contribution in [3.8, 4) is 0 Å². The van der Waals surface area contributed by atoms with Gasteiger partial charge in [-0.25, -0.2) is 8.42 Å². The quantitative estimate of drug-likeness (QED) is 0.902. The van der Waals surface area contributed by atoms with Gasteiger partial charge in [-0.2, -0.15) is 4.31 Å². The van der Waals surface area contributed by atoms with Gasteiger partial charge in [0.05, 0.1) is 5.02 Å². The number of benzene rings is 1. The lowest BCUT2D eigenvalue weighted by atomic mass is 10.0. The fraction of sp³-hybridized carbons (Fsp3) is 0.600. The van der Waals surface area contributed by atoms with Gasteiger partial charge < -0.3 is 5.32 Å². The molecule has 6 heteroatoms. The monoisotopic (exact) mass is 330 g/mol. The van der Waals surface area contributed by atoms with Gasteiger partial charge in [-0.1, -0.05) is 24.6 Å². The highest BCUT2D eigenvalue weighted by molar-refractivity contribution is 7.89. The van der Waals surface area contributed by atoms with Crippen molar-refractivity contribution in [3.63, 3.8) is 0 Å². The van der Waals surface area contributed by atoms with Crippen LogP contribution in [0, 0.1) is 0 Å². The van der Waals surface area contributed by atoms with Crippen molar-refractivity contribution in [2.45, 2.75) is 50.6 Å². The summed E-state index contributed by atoms with van der Waals surface area (Å²) < 4.78 is 27.4. The molecule has 1 N–H and O–H groups in total. The number of nitrogens with zero attached hydrogens (tertiary/aromatic N) is 1. The smallest absolute Gasteiger partial charge is 0.245 e. The van der Waals surface area contributed by atoms with Crippen LogP contribution >= 0.6 is 11.6 Å². The van der Waals surface area contributed by atoms with E-state index in [9.17, 15) is 8.42 Å². The highest BCUT2D eigenvalue weighted by Crippen LogP contribution is 2.36. The maximum atomic E-state index is 12.9. The molecule has 1 fully saturated rings. The Labute approximate surface area is 132 Å². The number of hydrogen-bond acceptors (Lipinski definition) is 3. The Balaban J connectivity index is 2.40. The second kappa shape index (κ2) is 6.24. The van der Waals surface area contributed by atoms with Crippen molar-refractivity contribution in [1.29, 1.82) is 0 Å². The molecule has 0 amide bonds. The van der Waals surface area contributed by atoms with Gasteiger partial charge in [-0.3, -0.25) is 0 Å². The summed E-state index contributed by atoms with van der Waals surface area (Å²) in [5.74, 6) is 0. The Hall–Kier alpha value is -0.620. The van der Waals surface area contributed by atoms with Gasteiger partial charge in [0.25, 0.3) is 0 Å². The molecule has 2 rings (SSSR count). The van der Waals surface area contributed by atoms with Crippen LogP contribution in [-0.4, -0.2) is 31.4 Å². The molecule has 0 aliphatic carbocycles. The van der Waals surface area contributed by atoms with Crippen LogP contribution in [0.1, 0.15) is 39.2 Å². The van der Waals surface area contributed by atoms with E-state index >= 15 is 0 Å². The molecule has 0 aromatic heterocycles. The highest BCUT2D eigenvalue weighted by atomic mass is 35.5. The van der Waals surface area contributed by atoms with E-state index in [4.69, 9.17) is 11.6 Å². The average Bonchev–Trinajstić information content (AvgIpc) is 2.78. The van der Waals surface area contributed by atoms with Crippen LogP contribution in [0.15, 0.2) is 23.1 Å². The third-order valence-electron chi connectivity index (χ3n) is 3.97. The first-order valence-electron chi connectivity index (χ1n) is 7.31. The predicted octanol–water partition coefficient (Wildman–Crippen LogP) is 3.01. The molecular weight excluding hydrogens is 308 g/mol. The van der Waals surface area contributed by atoms with Gasteiger partial charge >= 0.3 is 0 Å². The molecule has 0 unspecified atom stereocenters. The van der Waals surface area contributed by atoms with E-state index in [-0.39, 0.29) is 15.5 Å². The normalized spacial score (nSPS) is 19.0. The van der Waals surface area contributed by atoms with E-state index in [2.05, 4.69) is 5.32 Å². The topological polar surface area (TPSA) is 49.4 Å². The molecule has 1 saturated heterocycles. The highest BCUT2D eigenvalue weighted by Gasteiger charge is 2.41. The van der Waals surface area contributed by atoms with Gasteiger partial charge in [0.15, 0.2) is 0 Å². The van der Waals surface area contributed by atoms with Crippen LogP contribution in [0.4, 0.5) is 0 Å². The van der Waals surface area contributed by atoms with Crippen LogP contribution < -0.4 is 5.32 Å². The van der Waals surface area contributed by atoms with Gasteiger partial charge in [-0.05, 0) is 50.9 Å². The van der Waals surface area contributed by atoms with Crippen molar-refractivity contribution in [2.75, 3.05) is 13.1 Å². The summed E-state index contributed by atoms with van der Waals surface area (Å²) in [5, 5.41) is 3.49. The third-order valence-corrected chi connectivity index (χ3v) is 6.56. The molecule has 118 valence electrons. The SMILES string of the molecule is CCNCc1ccc(Cl)c(S(=O)(=O)N2CCCC2(C)C)c1. The molecule has 0 saturated carbocycles. The number of hydrogen-bond donors (Lipinski definition) is 1. The third kappa shape index (κ3) is 3.42. The first-order chi connectivity index (χ1) is 9.79. The molecular formula is C15H23ClN2O2S. The van der Waals surface area contributed by atoms with Crippen molar-refractivity contribution >= 4 is 21.6 Å². The first-order valence-corrected chi connectivity index (χ1v) is 9.13. The Kier molecular flexibility index (Phi) is 4.98. The number of halogens is 1. The van der Waals surface area contributed by atoms with Crippen LogP contribution in [0.2, 0.25) is 5.02 Å². The lowest BCUT2D eigenvalue weighted by Crippen LogP contribution is -2.42. The van der Waals surface area contributed by atoms with E-state index < -0.39 is 10.0 Å². The van der Waals surface area contributed by atoms with E-state index in [0.29, 0.717) is 13.1 Å². The maximum absolute atomic E-state index is 12.9. The standard InChI is InChI=1S/C15H23ClN2O2S/c1-4-17-11-12-6-7-13(16)14(10-12)21(19,20)18-9-5-8-15(18,2)3/h6-7,10,17H,4-5,8-9,11H2,1-3H3. The fourth-order valence-electron chi connectivity index (χ4n) is 2.77. The molecule has 1 aromatic carbocycles. The number of nitrogens with one attached hydrogen (secondary N) is 1. The van der Waals surface area contributed by atoms with Crippen molar-refractivity contribution < 1.29 is 8.42 Å². The molecule has 0 radical (unpaired) electrons. The Morgan fingerprint density at radius 1 is 1.38 bits per heavy atom. The van der Waals surface area contributed by atoms with Gasteiger partial charge in [0.1, 0.15) is 4.90 Å². The largest absolute Gasteiger partial charge is 0.313 e. The second-order valence-electron chi connectivity index (χ2n) is 6.04. The summed E-state index contributed by atoms with van der Waals surface area (Å²) in [5.41, 5.74) is 0.580. The minimum Gasteiger partial charge on any atom is -0.313 e. The van der Waals surface area contributed by atoms with Crippen LogP contribution in [-0.2, 0) is 16.6 Å². The van der Waals surface area contributed by atoms with Crippen LogP contribution in [0.5, 0.6) is 0 Å². The number of rotatable bonds is 5. The molecule has 1 heterocycles. The zero-order valence-electron chi connectivity index (χ0n) is 12.8. The summed E-state index contributed by atoms with van der Waals surface area (Å²) >= 11 is 6.16. The predicted molar refractivity (Wildman–Crippen MR) is 86.0 cm³/mol. The zero-order chi connectivity index (χ0) is 15.7. The second-order valence-corrected chi connectivity index (χ2v) is 8.28. The van der Waals surface area contributed by atoms with Crippen molar-refractivity contribution in [3.05, 3.63) is 28.8 Å². The van der Waals surface area contributed by atoms with E-state index in [1.54, 1.807) is 16.4 Å². The average molecular weight is 331 g/mol. The summed E-state index contributed by atoms with van der Waals surface area (Å²) in [6, 6.07) is 5.22. The van der Waals surface area contributed by atoms with Gasteiger partial charge in [0.2, 0.25) is 10.0 Å². The minimum atomic E-state index is -3.55. The first kappa shape index (κ1) is 16.7. The molecule has 1 aromatic rings. The zero-order valence-corrected chi connectivity index (χ0v) is 14.4. The van der Waals surface area contributed by atoms with E-state index in [1.807, 2.05) is 26.8 Å². The van der Waals surface area contributed by atoms with E-state index in [1.165, 1.54) is 0 Å². The molecule has 0 bridgehead atoms. The molecule has 21 heavy (non-hydrogen) atoms. The Morgan fingerprint density at radius 3 is 2.67 bits per heavy atom. The maximum Gasteiger partial charge on any atom is 0.245 e. The van der Waals surface area contributed by atoms with Crippen LogP contribution in [0.3, 0.4) is 0 Å². The fourth-order valence-corrected chi connectivity index (χ4v) is 5.15.